The Morgan fingerprint density at radius 1 is 1.39 bits per heavy atom. The number of carboxylic acid groups (broad SMARTS) is 1. The summed E-state index contributed by atoms with van der Waals surface area (Å²) in [6, 6.07) is 0. The highest BCUT2D eigenvalue weighted by Crippen LogP contribution is 2.34. The summed E-state index contributed by atoms with van der Waals surface area (Å²) in [5.41, 5.74) is -1.46. The standard InChI is InChI=1S/C13H22O5/c1-3-13(11(14)15,12(16)17-4-2)9-10-7-5-6-8-18-10/h10H,3-9H2,1-2H3,(H,14,15). The molecule has 0 bridgehead atoms. The molecule has 0 aliphatic carbocycles. The van der Waals surface area contributed by atoms with E-state index in [0.29, 0.717) is 6.61 Å². The molecule has 104 valence electrons. The zero-order valence-corrected chi connectivity index (χ0v) is 11.1. The van der Waals surface area contributed by atoms with Crippen LogP contribution in [0.1, 0.15) is 46.0 Å². The van der Waals surface area contributed by atoms with Gasteiger partial charge in [-0.2, -0.15) is 0 Å². The molecular formula is C13H22O5. The first-order valence-electron chi connectivity index (χ1n) is 6.59. The molecule has 1 N–H and O–H groups in total. The van der Waals surface area contributed by atoms with Gasteiger partial charge in [0.25, 0.3) is 0 Å². The van der Waals surface area contributed by atoms with Crippen molar-refractivity contribution in [1.29, 1.82) is 0 Å². The first-order valence-corrected chi connectivity index (χ1v) is 6.59. The van der Waals surface area contributed by atoms with Gasteiger partial charge < -0.3 is 14.6 Å². The van der Waals surface area contributed by atoms with Crippen LogP contribution >= 0.6 is 0 Å². The van der Waals surface area contributed by atoms with Gasteiger partial charge in [-0.15, -0.1) is 0 Å². The molecule has 0 spiro atoms. The number of aliphatic carboxylic acids is 1. The number of esters is 1. The Kier molecular flexibility index (Phi) is 5.59. The SMILES string of the molecule is CCOC(=O)C(CC)(CC1CCCCO1)C(=O)O. The lowest BCUT2D eigenvalue weighted by Crippen LogP contribution is -2.44. The van der Waals surface area contributed by atoms with Crippen LogP contribution in [0.4, 0.5) is 0 Å². The molecule has 1 aliphatic heterocycles. The molecule has 0 aromatic rings. The van der Waals surface area contributed by atoms with E-state index in [1.165, 1.54) is 0 Å². The molecule has 0 radical (unpaired) electrons. The molecule has 5 heteroatoms. The molecular weight excluding hydrogens is 236 g/mol. The second-order valence-electron chi connectivity index (χ2n) is 4.65. The molecule has 18 heavy (non-hydrogen) atoms. The van der Waals surface area contributed by atoms with Gasteiger partial charge in [-0.05, 0) is 32.6 Å². The maximum Gasteiger partial charge on any atom is 0.323 e. The maximum absolute atomic E-state index is 12.0. The van der Waals surface area contributed by atoms with E-state index in [9.17, 15) is 14.7 Å². The van der Waals surface area contributed by atoms with Crippen molar-refractivity contribution in [3.63, 3.8) is 0 Å². The van der Waals surface area contributed by atoms with Crippen LogP contribution in [0, 0.1) is 5.41 Å². The van der Waals surface area contributed by atoms with Crippen LogP contribution in [0.2, 0.25) is 0 Å². The molecule has 0 aromatic carbocycles. The average molecular weight is 258 g/mol. The van der Waals surface area contributed by atoms with Crippen molar-refractivity contribution < 1.29 is 24.2 Å². The van der Waals surface area contributed by atoms with Crippen molar-refractivity contribution in [3.8, 4) is 0 Å². The van der Waals surface area contributed by atoms with E-state index < -0.39 is 17.4 Å². The minimum atomic E-state index is -1.46. The molecule has 1 saturated heterocycles. The molecule has 2 atom stereocenters. The minimum Gasteiger partial charge on any atom is -0.480 e. The van der Waals surface area contributed by atoms with Gasteiger partial charge in [0.2, 0.25) is 0 Å². The van der Waals surface area contributed by atoms with Crippen molar-refractivity contribution >= 4 is 11.9 Å². The van der Waals surface area contributed by atoms with Crippen LogP contribution in [0.3, 0.4) is 0 Å². The number of carboxylic acids is 1. The Morgan fingerprint density at radius 3 is 2.56 bits per heavy atom. The fourth-order valence-electron chi connectivity index (χ4n) is 2.32. The van der Waals surface area contributed by atoms with Gasteiger partial charge in [0.15, 0.2) is 5.41 Å². The minimum absolute atomic E-state index is 0.154. The molecule has 0 aromatic heterocycles. The van der Waals surface area contributed by atoms with Gasteiger partial charge >= 0.3 is 11.9 Å². The third-order valence-electron chi connectivity index (χ3n) is 3.53. The number of rotatable bonds is 6. The smallest absolute Gasteiger partial charge is 0.323 e. The highest BCUT2D eigenvalue weighted by atomic mass is 16.5. The molecule has 5 nitrogen and oxygen atoms in total. The lowest BCUT2D eigenvalue weighted by Gasteiger charge is -2.31. The Bertz CT molecular complexity index is 296. The first kappa shape index (κ1) is 15.0. The number of hydrogen-bond acceptors (Lipinski definition) is 4. The molecule has 0 amide bonds. The molecule has 1 aliphatic rings. The second kappa shape index (κ2) is 6.73. The van der Waals surface area contributed by atoms with Crippen LogP contribution in [0.25, 0.3) is 0 Å². The van der Waals surface area contributed by atoms with Crippen molar-refractivity contribution in [3.05, 3.63) is 0 Å². The summed E-state index contributed by atoms with van der Waals surface area (Å²) in [6.07, 6.45) is 3.11. The van der Waals surface area contributed by atoms with E-state index in [4.69, 9.17) is 9.47 Å². The van der Waals surface area contributed by atoms with Crippen molar-refractivity contribution in [1.82, 2.24) is 0 Å². The zero-order valence-electron chi connectivity index (χ0n) is 11.1. The van der Waals surface area contributed by atoms with Crippen LogP contribution in [-0.4, -0.2) is 36.4 Å². The normalized spacial score (nSPS) is 23.1. The van der Waals surface area contributed by atoms with Crippen LogP contribution in [0.5, 0.6) is 0 Å². The third-order valence-corrected chi connectivity index (χ3v) is 3.53. The average Bonchev–Trinajstić information content (AvgIpc) is 2.37. The molecule has 1 heterocycles. The Hall–Kier alpha value is -1.10. The van der Waals surface area contributed by atoms with Gasteiger partial charge in [-0.3, -0.25) is 9.59 Å². The Morgan fingerprint density at radius 2 is 2.11 bits per heavy atom. The number of carbonyl (C=O) groups is 2. The van der Waals surface area contributed by atoms with Crippen LogP contribution < -0.4 is 0 Å². The molecule has 1 fully saturated rings. The first-order chi connectivity index (χ1) is 8.56. The summed E-state index contributed by atoms with van der Waals surface area (Å²) < 4.78 is 10.5. The third kappa shape index (κ3) is 3.22. The second-order valence-corrected chi connectivity index (χ2v) is 4.65. The van der Waals surface area contributed by atoms with Crippen LogP contribution in [-0.2, 0) is 19.1 Å². The summed E-state index contributed by atoms with van der Waals surface area (Å²) in [7, 11) is 0. The van der Waals surface area contributed by atoms with E-state index >= 15 is 0 Å². The van der Waals surface area contributed by atoms with E-state index in [-0.39, 0.29) is 25.6 Å². The maximum atomic E-state index is 12.0. The lowest BCUT2D eigenvalue weighted by atomic mass is 9.78. The van der Waals surface area contributed by atoms with E-state index in [0.717, 1.165) is 19.3 Å². The predicted molar refractivity (Wildman–Crippen MR) is 65.2 cm³/mol. The molecule has 2 unspecified atom stereocenters. The number of hydrogen-bond donors (Lipinski definition) is 1. The number of ether oxygens (including phenoxy) is 2. The van der Waals surface area contributed by atoms with E-state index in [1.54, 1.807) is 13.8 Å². The summed E-state index contributed by atoms with van der Waals surface area (Å²) in [5.74, 6) is -1.76. The van der Waals surface area contributed by atoms with E-state index in [2.05, 4.69) is 0 Å². The van der Waals surface area contributed by atoms with E-state index in [1.807, 2.05) is 0 Å². The predicted octanol–water partition coefficient (Wildman–Crippen LogP) is 1.99. The largest absolute Gasteiger partial charge is 0.480 e. The Labute approximate surface area is 107 Å². The van der Waals surface area contributed by atoms with Gasteiger partial charge in [-0.25, -0.2) is 0 Å². The van der Waals surface area contributed by atoms with Gasteiger partial charge in [-0.1, -0.05) is 6.92 Å². The van der Waals surface area contributed by atoms with Gasteiger partial charge in [0.1, 0.15) is 0 Å². The highest BCUT2D eigenvalue weighted by molar-refractivity contribution is 5.99. The van der Waals surface area contributed by atoms with Crippen molar-refractivity contribution in [2.24, 2.45) is 5.41 Å². The van der Waals surface area contributed by atoms with Crippen LogP contribution in [0.15, 0.2) is 0 Å². The lowest BCUT2D eigenvalue weighted by molar-refractivity contribution is -0.173. The summed E-state index contributed by atoms with van der Waals surface area (Å²) in [4.78, 5) is 23.4. The topological polar surface area (TPSA) is 72.8 Å². The fourth-order valence-corrected chi connectivity index (χ4v) is 2.32. The molecule has 1 rings (SSSR count). The molecule has 0 saturated carbocycles. The summed E-state index contributed by atoms with van der Waals surface area (Å²) >= 11 is 0. The van der Waals surface area contributed by atoms with Gasteiger partial charge in [0, 0.05) is 13.0 Å². The quantitative estimate of drug-likeness (QED) is 0.582. The monoisotopic (exact) mass is 258 g/mol. The number of carbonyl (C=O) groups excluding carboxylic acids is 1. The van der Waals surface area contributed by atoms with Gasteiger partial charge in [0.05, 0.1) is 12.7 Å². The Balaban J connectivity index is 2.81. The van der Waals surface area contributed by atoms with Crippen molar-refractivity contribution in [2.75, 3.05) is 13.2 Å². The summed E-state index contributed by atoms with van der Waals surface area (Å²) in [5, 5.41) is 9.40. The fraction of sp³-hybridized carbons (Fsp3) is 0.846. The highest BCUT2D eigenvalue weighted by Gasteiger charge is 2.48. The van der Waals surface area contributed by atoms with Crippen molar-refractivity contribution in [2.45, 2.75) is 52.1 Å². The summed E-state index contributed by atoms with van der Waals surface area (Å²) in [6.45, 7) is 4.22. The zero-order chi connectivity index (χ0) is 13.6.